The van der Waals surface area contributed by atoms with E-state index in [0.717, 1.165) is 30.0 Å². The number of rotatable bonds is 8. The van der Waals surface area contributed by atoms with Gasteiger partial charge in [0.05, 0.1) is 20.3 Å². The number of nitrogens with one attached hydrogen (secondary N) is 1. The van der Waals surface area contributed by atoms with E-state index in [1.54, 1.807) is 14.2 Å². The van der Waals surface area contributed by atoms with E-state index < -0.39 is 6.10 Å². The smallest absolute Gasteiger partial charge is 0.160 e. The molecular formula is C19H25NO3. The van der Waals surface area contributed by atoms with Gasteiger partial charge in [-0.1, -0.05) is 35.9 Å². The van der Waals surface area contributed by atoms with Crippen LogP contribution in [0.25, 0.3) is 0 Å². The van der Waals surface area contributed by atoms with Gasteiger partial charge in [-0.3, -0.25) is 0 Å². The van der Waals surface area contributed by atoms with Gasteiger partial charge < -0.3 is 19.9 Å². The predicted molar refractivity (Wildman–Crippen MR) is 92.3 cm³/mol. The van der Waals surface area contributed by atoms with E-state index in [4.69, 9.17) is 9.47 Å². The molecule has 2 aromatic rings. The molecule has 0 spiro atoms. The first-order valence-electron chi connectivity index (χ1n) is 7.80. The lowest BCUT2D eigenvalue weighted by atomic mass is 10.1. The zero-order valence-electron chi connectivity index (χ0n) is 14.0. The second kappa shape index (κ2) is 8.56. The lowest BCUT2D eigenvalue weighted by molar-refractivity contribution is 0.175. The largest absolute Gasteiger partial charge is 0.493 e. The second-order valence-corrected chi connectivity index (χ2v) is 5.57. The van der Waals surface area contributed by atoms with Crippen LogP contribution in [0, 0.1) is 6.92 Å². The van der Waals surface area contributed by atoms with E-state index in [1.807, 2.05) is 49.4 Å². The number of hydrogen-bond acceptors (Lipinski definition) is 4. The van der Waals surface area contributed by atoms with Gasteiger partial charge in [-0.15, -0.1) is 0 Å². The summed E-state index contributed by atoms with van der Waals surface area (Å²) in [5, 5.41) is 13.5. The molecule has 0 amide bonds. The minimum atomic E-state index is -0.485. The van der Waals surface area contributed by atoms with Crippen molar-refractivity contribution in [2.75, 3.05) is 27.3 Å². The first kappa shape index (κ1) is 17.3. The van der Waals surface area contributed by atoms with Crippen molar-refractivity contribution >= 4 is 0 Å². The Hall–Kier alpha value is -2.04. The van der Waals surface area contributed by atoms with Gasteiger partial charge in [0.15, 0.2) is 11.5 Å². The average Bonchev–Trinajstić information content (AvgIpc) is 2.58. The standard InChI is InChI=1S/C19H25NO3/c1-14-4-7-16(8-5-14)17(21)13-20-11-10-15-6-9-18(22-2)19(12-15)23-3/h4-9,12,17,20-21H,10-11,13H2,1-3H3. The number of hydrogen-bond donors (Lipinski definition) is 2. The van der Waals surface area contributed by atoms with Crippen LogP contribution in [0.3, 0.4) is 0 Å². The molecule has 0 aliphatic carbocycles. The Labute approximate surface area is 138 Å². The summed E-state index contributed by atoms with van der Waals surface area (Å²) in [4.78, 5) is 0. The predicted octanol–water partition coefficient (Wildman–Crippen LogP) is 2.88. The molecule has 4 nitrogen and oxygen atoms in total. The molecule has 2 N–H and O–H groups in total. The molecule has 0 aliphatic heterocycles. The highest BCUT2D eigenvalue weighted by molar-refractivity contribution is 5.42. The summed E-state index contributed by atoms with van der Waals surface area (Å²) in [6.45, 7) is 3.37. The average molecular weight is 315 g/mol. The zero-order valence-corrected chi connectivity index (χ0v) is 14.0. The molecule has 0 heterocycles. The summed E-state index contributed by atoms with van der Waals surface area (Å²) in [7, 11) is 3.27. The summed E-state index contributed by atoms with van der Waals surface area (Å²) in [5.41, 5.74) is 3.30. The number of ether oxygens (including phenoxy) is 2. The van der Waals surface area contributed by atoms with Crippen molar-refractivity contribution in [3.63, 3.8) is 0 Å². The second-order valence-electron chi connectivity index (χ2n) is 5.57. The number of aliphatic hydroxyl groups is 1. The molecule has 0 aromatic heterocycles. The molecule has 0 saturated carbocycles. The number of methoxy groups -OCH3 is 2. The van der Waals surface area contributed by atoms with Crippen LogP contribution in [0.5, 0.6) is 11.5 Å². The Morgan fingerprint density at radius 1 is 1.00 bits per heavy atom. The van der Waals surface area contributed by atoms with Crippen molar-refractivity contribution < 1.29 is 14.6 Å². The van der Waals surface area contributed by atoms with Crippen LogP contribution in [0.1, 0.15) is 22.8 Å². The zero-order chi connectivity index (χ0) is 16.7. The Morgan fingerprint density at radius 2 is 1.70 bits per heavy atom. The first-order chi connectivity index (χ1) is 11.1. The molecule has 0 radical (unpaired) electrons. The molecule has 2 rings (SSSR count). The van der Waals surface area contributed by atoms with Crippen LogP contribution < -0.4 is 14.8 Å². The fourth-order valence-corrected chi connectivity index (χ4v) is 2.41. The Kier molecular flexibility index (Phi) is 6.44. The quantitative estimate of drug-likeness (QED) is 0.736. The molecule has 2 aromatic carbocycles. The summed E-state index contributed by atoms with van der Waals surface area (Å²) in [6, 6.07) is 13.9. The van der Waals surface area contributed by atoms with Crippen molar-refractivity contribution in [3.05, 3.63) is 59.2 Å². The Bertz CT molecular complexity index is 611. The maximum Gasteiger partial charge on any atom is 0.160 e. The van der Waals surface area contributed by atoms with Crippen LogP contribution in [0.2, 0.25) is 0 Å². The third-order valence-electron chi connectivity index (χ3n) is 3.84. The molecular weight excluding hydrogens is 290 g/mol. The van der Waals surface area contributed by atoms with E-state index in [2.05, 4.69) is 5.32 Å². The van der Waals surface area contributed by atoms with Crippen LogP contribution in [0.15, 0.2) is 42.5 Å². The number of benzene rings is 2. The highest BCUT2D eigenvalue weighted by Gasteiger charge is 2.07. The van der Waals surface area contributed by atoms with Crippen molar-refractivity contribution in [2.24, 2.45) is 0 Å². The van der Waals surface area contributed by atoms with Crippen LogP contribution >= 0.6 is 0 Å². The summed E-state index contributed by atoms with van der Waals surface area (Å²) in [6.07, 6.45) is 0.377. The minimum absolute atomic E-state index is 0.485. The van der Waals surface area contributed by atoms with E-state index >= 15 is 0 Å². The maximum absolute atomic E-state index is 10.2. The molecule has 1 unspecified atom stereocenters. The lowest BCUT2D eigenvalue weighted by Gasteiger charge is -2.13. The fourth-order valence-electron chi connectivity index (χ4n) is 2.41. The first-order valence-corrected chi connectivity index (χ1v) is 7.80. The third kappa shape index (κ3) is 4.98. The Morgan fingerprint density at radius 3 is 2.35 bits per heavy atom. The van der Waals surface area contributed by atoms with Gasteiger partial charge in [-0.05, 0) is 43.1 Å². The molecule has 0 aliphatic rings. The van der Waals surface area contributed by atoms with E-state index in [9.17, 15) is 5.11 Å². The van der Waals surface area contributed by atoms with Crippen molar-refractivity contribution in [3.8, 4) is 11.5 Å². The number of aryl methyl sites for hydroxylation is 1. The van der Waals surface area contributed by atoms with Crippen molar-refractivity contribution in [2.45, 2.75) is 19.4 Å². The molecule has 4 heteroatoms. The van der Waals surface area contributed by atoms with Gasteiger partial charge >= 0.3 is 0 Å². The highest BCUT2D eigenvalue weighted by Crippen LogP contribution is 2.27. The van der Waals surface area contributed by atoms with Crippen LogP contribution in [-0.2, 0) is 6.42 Å². The van der Waals surface area contributed by atoms with Crippen molar-refractivity contribution in [1.29, 1.82) is 0 Å². The van der Waals surface area contributed by atoms with Crippen LogP contribution in [0.4, 0.5) is 0 Å². The lowest BCUT2D eigenvalue weighted by Crippen LogP contribution is -2.23. The van der Waals surface area contributed by atoms with E-state index in [0.29, 0.717) is 6.54 Å². The Balaban J connectivity index is 1.80. The normalized spacial score (nSPS) is 12.0. The molecule has 0 fully saturated rings. The summed E-state index contributed by atoms with van der Waals surface area (Å²) < 4.78 is 10.5. The fraction of sp³-hybridized carbons (Fsp3) is 0.368. The molecule has 23 heavy (non-hydrogen) atoms. The van der Waals surface area contributed by atoms with Crippen molar-refractivity contribution in [1.82, 2.24) is 5.32 Å². The topological polar surface area (TPSA) is 50.7 Å². The molecule has 1 atom stereocenters. The minimum Gasteiger partial charge on any atom is -0.493 e. The summed E-state index contributed by atoms with van der Waals surface area (Å²) >= 11 is 0. The number of aliphatic hydroxyl groups excluding tert-OH is 1. The van der Waals surface area contributed by atoms with E-state index in [-0.39, 0.29) is 0 Å². The molecule has 0 bridgehead atoms. The van der Waals surface area contributed by atoms with Gasteiger partial charge in [0, 0.05) is 6.54 Å². The van der Waals surface area contributed by atoms with Gasteiger partial charge in [-0.25, -0.2) is 0 Å². The highest BCUT2D eigenvalue weighted by atomic mass is 16.5. The third-order valence-corrected chi connectivity index (χ3v) is 3.84. The summed E-state index contributed by atoms with van der Waals surface area (Å²) in [5.74, 6) is 1.48. The van der Waals surface area contributed by atoms with Gasteiger partial charge in [0.25, 0.3) is 0 Å². The van der Waals surface area contributed by atoms with Gasteiger partial charge in [0.2, 0.25) is 0 Å². The van der Waals surface area contributed by atoms with E-state index in [1.165, 1.54) is 11.1 Å². The monoisotopic (exact) mass is 315 g/mol. The molecule has 0 saturated heterocycles. The SMILES string of the molecule is COc1ccc(CCNCC(O)c2ccc(C)cc2)cc1OC. The van der Waals surface area contributed by atoms with Gasteiger partial charge in [-0.2, -0.15) is 0 Å². The van der Waals surface area contributed by atoms with Gasteiger partial charge in [0.1, 0.15) is 0 Å². The maximum atomic E-state index is 10.2. The molecule has 124 valence electrons. The van der Waals surface area contributed by atoms with Crippen LogP contribution in [-0.4, -0.2) is 32.4 Å².